The van der Waals surface area contributed by atoms with Crippen molar-refractivity contribution >= 4 is 15.7 Å². The van der Waals surface area contributed by atoms with Gasteiger partial charge in [0.2, 0.25) is 10.0 Å². The number of aliphatic hydroxyl groups excluding tert-OH is 1. The van der Waals surface area contributed by atoms with E-state index in [1.807, 2.05) is 0 Å². The van der Waals surface area contributed by atoms with Crippen LogP contribution in [-0.2, 0) is 14.8 Å². The zero-order valence-corrected chi connectivity index (χ0v) is 12.5. The van der Waals surface area contributed by atoms with Crippen LogP contribution >= 0.6 is 0 Å². The lowest BCUT2D eigenvalue weighted by Gasteiger charge is -2.19. The summed E-state index contributed by atoms with van der Waals surface area (Å²) in [5.41, 5.74) is -0.451. The van der Waals surface area contributed by atoms with Crippen molar-refractivity contribution in [3.63, 3.8) is 0 Å². The third-order valence-electron chi connectivity index (χ3n) is 3.55. The van der Waals surface area contributed by atoms with Gasteiger partial charge in [-0.1, -0.05) is 12.1 Å². The first-order chi connectivity index (χ1) is 10.1. The SMILES string of the molecule is COCC1(S(=O)(=O)Nc2cccc(C(O)C(F)(F)F)c2)CC1. The first-order valence-electron chi connectivity index (χ1n) is 6.47. The number of rotatable bonds is 6. The van der Waals surface area contributed by atoms with Crippen LogP contribution in [0, 0.1) is 0 Å². The molecule has 1 aliphatic rings. The number of benzene rings is 1. The van der Waals surface area contributed by atoms with Crippen LogP contribution in [0.25, 0.3) is 0 Å². The molecule has 0 heterocycles. The van der Waals surface area contributed by atoms with E-state index in [0.717, 1.165) is 12.1 Å². The first kappa shape index (κ1) is 17.0. The summed E-state index contributed by atoms with van der Waals surface area (Å²) in [7, 11) is -2.39. The average Bonchev–Trinajstić information content (AvgIpc) is 3.18. The van der Waals surface area contributed by atoms with E-state index < -0.39 is 32.6 Å². The Morgan fingerprint density at radius 2 is 2.05 bits per heavy atom. The zero-order valence-electron chi connectivity index (χ0n) is 11.7. The Hall–Kier alpha value is -1.32. The van der Waals surface area contributed by atoms with Crippen LogP contribution in [0.2, 0.25) is 0 Å². The van der Waals surface area contributed by atoms with Gasteiger partial charge in [-0.25, -0.2) is 8.42 Å². The van der Waals surface area contributed by atoms with Gasteiger partial charge in [0.05, 0.1) is 6.61 Å². The van der Waals surface area contributed by atoms with E-state index in [1.54, 1.807) is 0 Å². The van der Waals surface area contributed by atoms with Crippen molar-refractivity contribution in [1.82, 2.24) is 0 Å². The molecule has 0 spiro atoms. The molecule has 0 saturated heterocycles. The third-order valence-corrected chi connectivity index (χ3v) is 5.72. The molecule has 9 heteroatoms. The molecule has 22 heavy (non-hydrogen) atoms. The third kappa shape index (κ3) is 3.36. The van der Waals surface area contributed by atoms with E-state index >= 15 is 0 Å². The zero-order chi connectivity index (χ0) is 16.6. The van der Waals surface area contributed by atoms with E-state index in [4.69, 9.17) is 4.74 Å². The molecule has 1 aromatic carbocycles. The van der Waals surface area contributed by atoms with E-state index in [1.165, 1.54) is 19.2 Å². The molecule has 1 atom stereocenters. The molecular formula is C13H16F3NO4S. The van der Waals surface area contributed by atoms with Crippen LogP contribution in [0.4, 0.5) is 18.9 Å². The Bertz CT molecular complexity index is 641. The highest BCUT2D eigenvalue weighted by Crippen LogP contribution is 2.44. The molecule has 0 radical (unpaired) electrons. The van der Waals surface area contributed by atoms with Gasteiger partial charge in [-0.2, -0.15) is 13.2 Å². The van der Waals surface area contributed by atoms with Crippen molar-refractivity contribution in [3.8, 4) is 0 Å². The van der Waals surface area contributed by atoms with Crippen LogP contribution < -0.4 is 4.72 Å². The van der Waals surface area contributed by atoms with Crippen LogP contribution in [-0.4, -0.2) is 38.2 Å². The van der Waals surface area contributed by atoms with Crippen molar-refractivity contribution in [2.24, 2.45) is 0 Å². The Morgan fingerprint density at radius 3 is 2.55 bits per heavy atom. The molecule has 5 nitrogen and oxygen atoms in total. The second-order valence-electron chi connectivity index (χ2n) is 5.29. The summed E-state index contributed by atoms with van der Waals surface area (Å²) in [5, 5.41) is 9.21. The first-order valence-corrected chi connectivity index (χ1v) is 7.96. The van der Waals surface area contributed by atoms with Gasteiger partial charge >= 0.3 is 6.18 Å². The van der Waals surface area contributed by atoms with Crippen molar-refractivity contribution in [1.29, 1.82) is 0 Å². The quantitative estimate of drug-likeness (QED) is 0.833. The highest BCUT2D eigenvalue weighted by atomic mass is 32.2. The lowest BCUT2D eigenvalue weighted by Crippen LogP contribution is -2.33. The molecular weight excluding hydrogens is 323 g/mol. The second kappa shape index (κ2) is 5.71. The average molecular weight is 339 g/mol. The number of sulfonamides is 1. The van der Waals surface area contributed by atoms with Gasteiger partial charge < -0.3 is 9.84 Å². The minimum Gasteiger partial charge on any atom is -0.383 e. The normalized spacial score (nSPS) is 18.8. The minimum absolute atomic E-state index is 0.0210. The molecule has 2 N–H and O–H groups in total. The number of halogens is 3. The van der Waals surface area contributed by atoms with Crippen LogP contribution in [0.3, 0.4) is 0 Å². The van der Waals surface area contributed by atoms with Crippen molar-refractivity contribution in [2.45, 2.75) is 29.9 Å². The van der Waals surface area contributed by atoms with E-state index in [0.29, 0.717) is 12.8 Å². The van der Waals surface area contributed by atoms with Crippen molar-refractivity contribution in [3.05, 3.63) is 29.8 Å². The van der Waals surface area contributed by atoms with Gasteiger partial charge in [0, 0.05) is 12.8 Å². The molecule has 124 valence electrons. The summed E-state index contributed by atoms with van der Waals surface area (Å²) in [6, 6.07) is 4.63. The van der Waals surface area contributed by atoms with Crippen molar-refractivity contribution < 1.29 is 31.4 Å². The maximum atomic E-state index is 12.5. The monoisotopic (exact) mass is 339 g/mol. The molecule has 1 unspecified atom stereocenters. The number of alkyl halides is 3. The number of hydrogen-bond donors (Lipinski definition) is 2. The van der Waals surface area contributed by atoms with Gasteiger partial charge in [-0.05, 0) is 30.5 Å². The second-order valence-corrected chi connectivity index (χ2v) is 7.37. The smallest absolute Gasteiger partial charge is 0.383 e. The highest BCUT2D eigenvalue weighted by molar-refractivity contribution is 7.94. The maximum absolute atomic E-state index is 12.5. The number of hydrogen-bond acceptors (Lipinski definition) is 4. The Morgan fingerprint density at radius 1 is 1.41 bits per heavy atom. The number of methoxy groups -OCH3 is 1. The van der Waals surface area contributed by atoms with Gasteiger partial charge in [-0.3, -0.25) is 4.72 Å². The van der Waals surface area contributed by atoms with Crippen LogP contribution in [0.5, 0.6) is 0 Å². The molecule has 0 amide bonds. The summed E-state index contributed by atoms with van der Waals surface area (Å²) in [4.78, 5) is 0. The molecule has 1 aromatic rings. The van der Waals surface area contributed by atoms with Crippen LogP contribution in [0.1, 0.15) is 24.5 Å². The molecule has 0 bridgehead atoms. The maximum Gasteiger partial charge on any atom is 0.418 e. The van der Waals surface area contributed by atoms with E-state index in [2.05, 4.69) is 4.72 Å². The molecule has 1 fully saturated rings. The van der Waals surface area contributed by atoms with E-state index in [-0.39, 0.29) is 12.3 Å². The summed E-state index contributed by atoms with van der Waals surface area (Å²) >= 11 is 0. The summed E-state index contributed by atoms with van der Waals surface area (Å²) in [5.74, 6) is 0. The fraction of sp³-hybridized carbons (Fsp3) is 0.538. The van der Waals surface area contributed by atoms with Crippen molar-refractivity contribution in [2.75, 3.05) is 18.4 Å². The lowest BCUT2D eigenvalue weighted by molar-refractivity contribution is -0.206. The number of aliphatic hydroxyl groups is 1. The van der Waals surface area contributed by atoms with Gasteiger partial charge in [0.15, 0.2) is 6.10 Å². The van der Waals surface area contributed by atoms with Gasteiger partial charge in [0.1, 0.15) is 4.75 Å². The summed E-state index contributed by atoms with van der Waals surface area (Å²) in [6.07, 6.45) is -6.61. The lowest BCUT2D eigenvalue weighted by atomic mass is 10.1. The number of ether oxygens (including phenoxy) is 1. The Labute approximate surface area is 126 Å². The minimum atomic E-state index is -4.81. The molecule has 1 saturated carbocycles. The molecule has 0 aliphatic heterocycles. The Kier molecular flexibility index (Phi) is 4.42. The number of anilines is 1. The van der Waals surface area contributed by atoms with E-state index in [9.17, 15) is 26.7 Å². The van der Waals surface area contributed by atoms with Gasteiger partial charge in [-0.15, -0.1) is 0 Å². The molecule has 2 rings (SSSR count). The topological polar surface area (TPSA) is 75.6 Å². The molecule has 0 aromatic heterocycles. The largest absolute Gasteiger partial charge is 0.418 e. The van der Waals surface area contributed by atoms with Crippen LogP contribution in [0.15, 0.2) is 24.3 Å². The standard InChI is InChI=1S/C13H16F3NO4S/c1-21-8-12(5-6-12)22(19,20)17-10-4-2-3-9(7-10)11(18)13(14,15)16/h2-4,7,11,17-18H,5-6,8H2,1H3. The fourth-order valence-electron chi connectivity index (χ4n) is 2.12. The van der Waals surface area contributed by atoms with Gasteiger partial charge in [0.25, 0.3) is 0 Å². The predicted octanol–water partition coefficient (Wildman–Crippen LogP) is 2.20. The number of nitrogens with one attached hydrogen (secondary N) is 1. The predicted molar refractivity (Wildman–Crippen MR) is 73.8 cm³/mol. The summed E-state index contributed by atoms with van der Waals surface area (Å²) in [6.45, 7) is 0.0210. The fourth-order valence-corrected chi connectivity index (χ4v) is 3.68. The summed E-state index contributed by atoms with van der Waals surface area (Å²) < 4.78 is 68.2. The highest BCUT2D eigenvalue weighted by Gasteiger charge is 2.55. The Balaban J connectivity index is 2.21. The molecule has 1 aliphatic carbocycles.